The Bertz CT molecular complexity index is 347. The quantitative estimate of drug-likeness (QED) is 0.701. The molecule has 0 bridgehead atoms. The maximum atomic E-state index is 11.5. The number of nitrogens with one attached hydrogen (secondary N) is 2. The van der Waals surface area contributed by atoms with Gasteiger partial charge >= 0.3 is 0 Å². The molecule has 3 N–H and O–H groups in total. The molecule has 0 aliphatic rings. The summed E-state index contributed by atoms with van der Waals surface area (Å²) in [5, 5.41) is 14.9. The fraction of sp³-hybridized carbons (Fsp3) is 0.462. The maximum Gasteiger partial charge on any atom is 0.225 e. The smallest absolute Gasteiger partial charge is 0.225 e. The molecule has 0 saturated carbocycles. The van der Waals surface area contributed by atoms with Crippen LogP contribution >= 0.6 is 0 Å². The van der Waals surface area contributed by atoms with Crippen molar-refractivity contribution in [2.75, 3.05) is 11.9 Å². The molecule has 17 heavy (non-hydrogen) atoms. The van der Waals surface area contributed by atoms with Gasteiger partial charge in [0, 0.05) is 24.7 Å². The Labute approximate surface area is 102 Å². The third-order valence-electron chi connectivity index (χ3n) is 2.32. The van der Waals surface area contributed by atoms with Gasteiger partial charge in [0.25, 0.3) is 0 Å². The van der Waals surface area contributed by atoms with Gasteiger partial charge in [0.15, 0.2) is 0 Å². The van der Waals surface area contributed by atoms with Gasteiger partial charge in [-0.1, -0.05) is 26.0 Å². The first kappa shape index (κ1) is 13.7. The minimum absolute atomic E-state index is 0.00472. The lowest BCUT2D eigenvalue weighted by Gasteiger charge is -2.08. The van der Waals surface area contributed by atoms with Gasteiger partial charge in [0.2, 0.25) is 5.91 Å². The van der Waals surface area contributed by atoms with Gasteiger partial charge in [0.05, 0.1) is 6.61 Å². The molecular formula is C13H20N2O2. The van der Waals surface area contributed by atoms with Crippen LogP contribution in [0.1, 0.15) is 25.8 Å². The highest BCUT2D eigenvalue weighted by Crippen LogP contribution is 2.09. The lowest BCUT2D eigenvalue weighted by Crippen LogP contribution is -2.27. The Morgan fingerprint density at radius 3 is 2.47 bits per heavy atom. The number of hydrogen-bond acceptors (Lipinski definition) is 3. The summed E-state index contributed by atoms with van der Waals surface area (Å²) in [6.07, 6.45) is 0.458. The van der Waals surface area contributed by atoms with Crippen LogP contribution in [0.2, 0.25) is 0 Å². The van der Waals surface area contributed by atoms with Crippen molar-refractivity contribution < 1.29 is 9.90 Å². The van der Waals surface area contributed by atoms with Crippen LogP contribution in [0.4, 0.5) is 5.69 Å². The number of carbonyl (C=O) groups is 1. The number of benzene rings is 1. The molecule has 1 aromatic carbocycles. The first-order valence-electron chi connectivity index (χ1n) is 5.85. The zero-order chi connectivity index (χ0) is 12.7. The summed E-state index contributed by atoms with van der Waals surface area (Å²) in [6, 6.07) is 7.56. The van der Waals surface area contributed by atoms with E-state index in [9.17, 15) is 4.79 Å². The van der Waals surface area contributed by atoms with Crippen LogP contribution in [0.15, 0.2) is 24.3 Å². The van der Waals surface area contributed by atoms with Gasteiger partial charge in [-0.15, -0.1) is 0 Å². The van der Waals surface area contributed by atoms with Crippen molar-refractivity contribution in [3.63, 3.8) is 0 Å². The van der Waals surface area contributed by atoms with Gasteiger partial charge in [-0.3, -0.25) is 4.79 Å². The molecule has 0 saturated heterocycles. The molecular weight excluding hydrogens is 216 g/mol. The van der Waals surface area contributed by atoms with E-state index in [4.69, 9.17) is 5.11 Å². The Kier molecular flexibility index (Phi) is 5.66. The second-order valence-electron chi connectivity index (χ2n) is 4.26. The largest absolute Gasteiger partial charge is 0.392 e. The van der Waals surface area contributed by atoms with Gasteiger partial charge in [0.1, 0.15) is 0 Å². The predicted octanol–water partition coefficient (Wildman–Crippen LogP) is 1.51. The number of aliphatic hydroxyl groups excluding tert-OH is 1. The molecule has 4 nitrogen and oxygen atoms in total. The highest BCUT2D eigenvalue weighted by atomic mass is 16.3. The van der Waals surface area contributed by atoms with E-state index in [2.05, 4.69) is 10.6 Å². The lowest BCUT2D eigenvalue weighted by molar-refractivity contribution is -0.116. The van der Waals surface area contributed by atoms with Crippen LogP contribution in [0.5, 0.6) is 0 Å². The topological polar surface area (TPSA) is 61.4 Å². The molecule has 0 aromatic heterocycles. The Morgan fingerprint density at radius 2 is 1.94 bits per heavy atom. The van der Waals surface area contributed by atoms with Crippen LogP contribution < -0.4 is 10.6 Å². The third kappa shape index (κ3) is 5.47. The SMILES string of the molecule is CC(C)NCCC(=O)Nc1ccc(CO)cc1. The molecule has 0 heterocycles. The van der Waals surface area contributed by atoms with Gasteiger partial charge in [-0.2, -0.15) is 0 Å². The average molecular weight is 236 g/mol. The number of rotatable bonds is 6. The van der Waals surface area contributed by atoms with E-state index >= 15 is 0 Å². The lowest BCUT2D eigenvalue weighted by atomic mass is 10.2. The molecule has 1 amide bonds. The summed E-state index contributed by atoms with van der Waals surface area (Å²) >= 11 is 0. The van der Waals surface area contributed by atoms with Gasteiger partial charge < -0.3 is 15.7 Å². The summed E-state index contributed by atoms with van der Waals surface area (Å²) in [5.74, 6) is -0.00472. The van der Waals surface area contributed by atoms with Crippen molar-refractivity contribution in [2.45, 2.75) is 32.9 Å². The molecule has 1 aromatic rings. The average Bonchev–Trinajstić information content (AvgIpc) is 2.29. The predicted molar refractivity (Wildman–Crippen MR) is 68.8 cm³/mol. The molecule has 94 valence electrons. The fourth-order valence-electron chi connectivity index (χ4n) is 1.39. The van der Waals surface area contributed by atoms with E-state index in [-0.39, 0.29) is 12.5 Å². The minimum atomic E-state index is -0.00472. The summed E-state index contributed by atoms with van der Waals surface area (Å²) in [7, 11) is 0. The van der Waals surface area contributed by atoms with Crippen molar-refractivity contribution >= 4 is 11.6 Å². The normalized spacial score (nSPS) is 10.6. The molecule has 0 radical (unpaired) electrons. The molecule has 0 atom stereocenters. The van der Waals surface area contributed by atoms with Crippen LogP contribution in [-0.2, 0) is 11.4 Å². The molecule has 0 unspecified atom stereocenters. The van der Waals surface area contributed by atoms with Crippen molar-refractivity contribution in [3.8, 4) is 0 Å². The van der Waals surface area contributed by atoms with Crippen LogP contribution in [-0.4, -0.2) is 23.6 Å². The second-order valence-corrected chi connectivity index (χ2v) is 4.26. The molecule has 0 aliphatic heterocycles. The first-order chi connectivity index (χ1) is 8.11. The minimum Gasteiger partial charge on any atom is -0.392 e. The van der Waals surface area contributed by atoms with Crippen molar-refractivity contribution in [1.29, 1.82) is 0 Å². The van der Waals surface area contributed by atoms with Crippen LogP contribution in [0.3, 0.4) is 0 Å². The van der Waals surface area contributed by atoms with Crippen molar-refractivity contribution in [1.82, 2.24) is 5.32 Å². The number of amides is 1. The zero-order valence-electron chi connectivity index (χ0n) is 10.4. The summed E-state index contributed by atoms with van der Waals surface area (Å²) < 4.78 is 0. The van der Waals surface area contributed by atoms with E-state index in [1.54, 1.807) is 24.3 Å². The standard InChI is InChI=1S/C13H20N2O2/c1-10(2)14-8-7-13(17)15-12-5-3-11(9-16)4-6-12/h3-6,10,14,16H,7-9H2,1-2H3,(H,15,17). The van der Waals surface area contributed by atoms with E-state index in [0.29, 0.717) is 19.0 Å². The van der Waals surface area contributed by atoms with Crippen LogP contribution in [0, 0.1) is 0 Å². The number of carbonyl (C=O) groups excluding carboxylic acids is 1. The molecule has 0 spiro atoms. The first-order valence-corrected chi connectivity index (χ1v) is 5.85. The summed E-state index contributed by atoms with van der Waals surface area (Å²) in [4.78, 5) is 11.5. The zero-order valence-corrected chi connectivity index (χ0v) is 10.4. The van der Waals surface area contributed by atoms with Crippen molar-refractivity contribution in [3.05, 3.63) is 29.8 Å². The summed E-state index contributed by atoms with van der Waals surface area (Å²) in [6.45, 7) is 4.79. The monoisotopic (exact) mass is 236 g/mol. The highest BCUT2D eigenvalue weighted by molar-refractivity contribution is 5.90. The fourth-order valence-corrected chi connectivity index (χ4v) is 1.39. The van der Waals surface area contributed by atoms with E-state index in [0.717, 1.165) is 11.3 Å². The number of hydrogen-bond donors (Lipinski definition) is 3. The van der Waals surface area contributed by atoms with E-state index in [1.165, 1.54) is 0 Å². The Morgan fingerprint density at radius 1 is 1.29 bits per heavy atom. The molecule has 0 fully saturated rings. The Hall–Kier alpha value is -1.39. The third-order valence-corrected chi connectivity index (χ3v) is 2.32. The maximum absolute atomic E-state index is 11.5. The number of anilines is 1. The van der Waals surface area contributed by atoms with E-state index in [1.807, 2.05) is 13.8 Å². The Balaban J connectivity index is 2.34. The van der Waals surface area contributed by atoms with Crippen molar-refractivity contribution in [2.24, 2.45) is 0 Å². The van der Waals surface area contributed by atoms with Gasteiger partial charge in [-0.05, 0) is 17.7 Å². The highest BCUT2D eigenvalue weighted by Gasteiger charge is 2.02. The summed E-state index contributed by atoms with van der Waals surface area (Å²) in [5.41, 5.74) is 1.60. The van der Waals surface area contributed by atoms with Gasteiger partial charge in [-0.25, -0.2) is 0 Å². The van der Waals surface area contributed by atoms with E-state index < -0.39 is 0 Å². The molecule has 0 aliphatic carbocycles. The number of aliphatic hydroxyl groups is 1. The molecule has 4 heteroatoms. The second kappa shape index (κ2) is 7.04. The molecule has 1 rings (SSSR count). The van der Waals surface area contributed by atoms with Crippen LogP contribution in [0.25, 0.3) is 0 Å².